The summed E-state index contributed by atoms with van der Waals surface area (Å²) in [4.78, 5) is 40.3. The van der Waals surface area contributed by atoms with Crippen LogP contribution in [-0.2, 0) is 27.9 Å². The molecule has 0 rings (SSSR count). The lowest BCUT2D eigenvalue weighted by molar-refractivity contribution is -0.870. The van der Waals surface area contributed by atoms with E-state index >= 15 is 0 Å². The number of ether oxygens (including phenoxy) is 1. The molecule has 0 saturated carbocycles. The molecule has 520 valence electrons. The highest BCUT2D eigenvalue weighted by atomic mass is 31.2. The molecule has 10 heteroatoms. The number of hydrogen-bond donors (Lipinski definition) is 1. The first kappa shape index (κ1) is 86.5. The molecule has 0 bridgehead atoms. The van der Waals surface area contributed by atoms with Crippen molar-refractivity contribution in [3.05, 3.63) is 72.9 Å². The highest BCUT2D eigenvalue weighted by Gasteiger charge is 2.27. The number of nitrogens with one attached hydrogen (secondary N) is 1. The van der Waals surface area contributed by atoms with E-state index in [1.54, 1.807) is 0 Å². The summed E-state index contributed by atoms with van der Waals surface area (Å²) in [5.41, 5.74) is 0. The Hall–Kier alpha value is -2.55. The summed E-state index contributed by atoms with van der Waals surface area (Å²) in [6, 6.07) is -0.892. The van der Waals surface area contributed by atoms with Crippen molar-refractivity contribution in [2.24, 2.45) is 0 Å². The molecule has 3 unspecified atom stereocenters. The number of phosphoric ester groups is 1. The maximum absolute atomic E-state index is 13.6. The molecule has 0 aliphatic carbocycles. The Bertz CT molecular complexity index is 1750. The fourth-order valence-corrected chi connectivity index (χ4v) is 11.9. The Labute approximate surface area is 553 Å². The van der Waals surface area contributed by atoms with Crippen LogP contribution in [0.5, 0.6) is 0 Å². The van der Waals surface area contributed by atoms with Gasteiger partial charge in [0.2, 0.25) is 5.91 Å². The topological polar surface area (TPSA) is 114 Å². The Balaban J connectivity index is 5.00. The minimum Gasteiger partial charge on any atom is -0.756 e. The molecule has 0 radical (unpaired) electrons. The Morgan fingerprint density at radius 1 is 0.393 bits per heavy atom. The molecule has 0 fully saturated rings. The van der Waals surface area contributed by atoms with Gasteiger partial charge in [0.25, 0.3) is 7.82 Å². The number of hydrogen-bond acceptors (Lipinski definition) is 7. The van der Waals surface area contributed by atoms with Crippen LogP contribution in [0.2, 0.25) is 0 Å². The van der Waals surface area contributed by atoms with Gasteiger partial charge < -0.3 is 28.5 Å². The standard InChI is InChI=1S/C79H147N2O7P/c1-7-10-13-16-19-22-25-28-30-32-34-36-38-39-40-41-43-44-46-48-50-53-56-59-62-65-68-71-78(82)80-76(75-87-89(84,85)86-74-73-81(4,5)6)77(70-67-64-61-58-55-52-27-24-21-18-15-12-9-3)88-79(83)72-69-66-63-60-57-54-51-49-47-45-42-37-35-33-31-29-26-23-20-17-14-11-8-2/h19-20,22-23,28-31,34,36,67,70,76-77H,7-18,21,24-27,32-33,35,37-66,68-69,71-75H2,1-6H3,(H-,80,82,84,85)/b22-19-,23-20-,30-28-,31-29-,36-34-,70-67-. The first-order valence-electron chi connectivity index (χ1n) is 38.2. The first-order chi connectivity index (χ1) is 43.4. The second-order valence-corrected chi connectivity index (χ2v) is 28.6. The van der Waals surface area contributed by atoms with E-state index in [0.717, 1.165) is 77.0 Å². The van der Waals surface area contributed by atoms with E-state index in [1.807, 2.05) is 33.3 Å². The molecule has 0 aliphatic rings. The third kappa shape index (κ3) is 69.6. The van der Waals surface area contributed by atoms with Gasteiger partial charge in [-0.15, -0.1) is 0 Å². The monoisotopic (exact) mass is 1270 g/mol. The summed E-state index contributed by atoms with van der Waals surface area (Å²) in [6.07, 6.45) is 90.3. The van der Waals surface area contributed by atoms with E-state index in [2.05, 4.69) is 86.8 Å². The van der Waals surface area contributed by atoms with Crippen molar-refractivity contribution in [2.45, 2.75) is 380 Å². The second kappa shape index (κ2) is 68.3. The van der Waals surface area contributed by atoms with Crippen LogP contribution in [0.15, 0.2) is 72.9 Å². The molecule has 0 spiro atoms. The zero-order valence-corrected chi connectivity index (χ0v) is 60.5. The molecule has 0 aromatic heterocycles. The van der Waals surface area contributed by atoms with Crippen LogP contribution in [0.4, 0.5) is 0 Å². The van der Waals surface area contributed by atoms with E-state index in [4.69, 9.17) is 13.8 Å². The summed E-state index contributed by atoms with van der Waals surface area (Å²) >= 11 is 0. The molecule has 9 nitrogen and oxygen atoms in total. The number of unbranched alkanes of at least 4 members (excludes halogenated alkanes) is 44. The quantitative estimate of drug-likeness (QED) is 0.0212. The molecule has 1 N–H and O–H groups in total. The van der Waals surface area contributed by atoms with Gasteiger partial charge in [-0.1, -0.05) is 325 Å². The van der Waals surface area contributed by atoms with Crippen molar-refractivity contribution in [3.63, 3.8) is 0 Å². The number of nitrogens with zero attached hydrogens (tertiary/aromatic N) is 1. The number of carbonyl (C=O) groups excluding carboxylic acids is 2. The Kier molecular flexibility index (Phi) is 66.4. The lowest BCUT2D eigenvalue weighted by atomic mass is 10.0. The van der Waals surface area contributed by atoms with Crippen LogP contribution in [0.1, 0.15) is 367 Å². The lowest BCUT2D eigenvalue weighted by Crippen LogP contribution is -2.47. The van der Waals surface area contributed by atoms with E-state index < -0.39 is 20.0 Å². The van der Waals surface area contributed by atoms with Crippen molar-refractivity contribution in [1.82, 2.24) is 5.32 Å². The van der Waals surface area contributed by atoms with Crippen molar-refractivity contribution in [1.29, 1.82) is 0 Å². The van der Waals surface area contributed by atoms with E-state index in [0.29, 0.717) is 17.4 Å². The maximum Gasteiger partial charge on any atom is 0.306 e. The van der Waals surface area contributed by atoms with Crippen LogP contribution in [-0.4, -0.2) is 69.4 Å². The van der Waals surface area contributed by atoms with Crippen LogP contribution in [0.25, 0.3) is 0 Å². The third-order valence-electron chi connectivity index (χ3n) is 17.1. The van der Waals surface area contributed by atoms with Gasteiger partial charge in [0.15, 0.2) is 0 Å². The predicted octanol–water partition coefficient (Wildman–Crippen LogP) is 24.1. The average Bonchev–Trinajstić information content (AvgIpc) is 3.65. The average molecular weight is 1270 g/mol. The number of carbonyl (C=O) groups is 2. The van der Waals surface area contributed by atoms with Crippen LogP contribution < -0.4 is 10.2 Å². The fraction of sp³-hybridized carbons (Fsp3) is 0.823. The number of likely N-dealkylation sites (N-methyl/N-ethyl adjacent to an activating group) is 1. The van der Waals surface area contributed by atoms with Crippen LogP contribution in [0, 0.1) is 0 Å². The number of esters is 1. The van der Waals surface area contributed by atoms with Crippen LogP contribution in [0.3, 0.4) is 0 Å². The molecule has 1 amide bonds. The van der Waals surface area contributed by atoms with Gasteiger partial charge >= 0.3 is 5.97 Å². The lowest BCUT2D eigenvalue weighted by Gasteiger charge is -2.30. The van der Waals surface area contributed by atoms with Crippen molar-refractivity contribution in [2.75, 3.05) is 40.9 Å². The van der Waals surface area contributed by atoms with Gasteiger partial charge in [-0.3, -0.25) is 14.2 Å². The van der Waals surface area contributed by atoms with Crippen molar-refractivity contribution < 1.29 is 37.3 Å². The van der Waals surface area contributed by atoms with Gasteiger partial charge in [0, 0.05) is 12.8 Å². The maximum atomic E-state index is 13.6. The fourth-order valence-electron chi connectivity index (χ4n) is 11.2. The minimum atomic E-state index is -4.71. The molecule has 0 heterocycles. The molecule has 0 aromatic rings. The van der Waals surface area contributed by atoms with E-state index in [-0.39, 0.29) is 31.5 Å². The summed E-state index contributed by atoms with van der Waals surface area (Å²) in [7, 11) is 1.19. The van der Waals surface area contributed by atoms with Crippen LogP contribution >= 0.6 is 7.82 Å². The normalized spacial score (nSPS) is 13.8. The smallest absolute Gasteiger partial charge is 0.306 e. The van der Waals surface area contributed by atoms with Gasteiger partial charge in [-0.05, 0) is 102 Å². The zero-order chi connectivity index (χ0) is 64.9. The highest BCUT2D eigenvalue weighted by Crippen LogP contribution is 2.38. The number of allylic oxidation sites excluding steroid dienone is 11. The molecule has 0 saturated heterocycles. The summed E-state index contributed by atoms with van der Waals surface area (Å²) in [6.45, 7) is 6.84. The zero-order valence-electron chi connectivity index (χ0n) is 59.6. The molecule has 3 atom stereocenters. The number of quaternary nitrogens is 1. The highest BCUT2D eigenvalue weighted by molar-refractivity contribution is 7.45. The third-order valence-corrected chi connectivity index (χ3v) is 18.1. The molecular formula is C79H147N2O7P. The van der Waals surface area contributed by atoms with Gasteiger partial charge in [0.05, 0.1) is 33.8 Å². The SMILES string of the molecule is CCCCC/C=C\C/C=C\C/C=C\CCCCCCCCCCCCCCCCC(=O)NC(COP(=O)([O-])OCC[N+](C)(C)C)C(/C=C\CCCCCCCCCCCCC)OC(=O)CCCCCCCCCCCCCCC/C=C\C/C=C\CCCCC. The van der Waals surface area contributed by atoms with Gasteiger partial charge in [-0.2, -0.15) is 0 Å². The van der Waals surface area contributed by atoms with Gasteiger partial charge in [-0.25, -0.2) is 0 Å². The Morgan fingerprint density at radius 2 is 0.685 bits per heavy atom. The summed E-state index contributed by atoms with van der Waals surface area (Å²) in [5, 5.41) is 3.06. The molecule has 89 heavy (non-hydrogen) atoms. The summed E-state index contributed by atoms with van der Waals surface area (Å²) < 4.78 is 30.5. The van der Waals surface area contributed by atoms with E-state index in [9.17, 15) is 19.0 Å². The predicted molar refractivity (Wildman–Crippen MR) is 385 cm³/mol. The second-order valence-electron chi connectivity index (χ2n) is 27.1. The molecular weight excluding hydrogens is 1120 g/mol. The summed E-state index contributed by atoms with van der Waals surface area (Å²) in [5.74, 6) is -0.528. The number of rotatable bonds is 70. The first-order valence-corrected chi connectivity index (χ1v) is 39.7. The van der Waals surface area contributed by atoms with Crippen molar-refractivity contribution in [3.8, 4) is 0 Å². The largest absolute Gasteiger partial charge is 0.756 e. The molecule has 0 aromatic carbocycles. The molecule has 0 aliphatic heterocycles. The van der Waals surface area contributed by atoms with E-state index in [1.165, 1.54) is 257 Å². The Morgan fingerprint density at radius 3 is 1.04 bits per heavy atom. The van der Waals surface area contributed by atoms with Gasteiger partial charge in [0.1, 0.15) is 19.3 Å². The number of phosphoric acid groups is 1. The number of amides is 1. The van der Waals surface area contributed by atoms with Crippen molar-refractivity contribution >= 4 is 19.7 Å². The minimum absolute atomic E-state index is 0.0226.